The van der Waals surface area contributed by atoms with Gasteiger partial charge in [0, 0.05) is 0 Å². The predicted molar refractivity (Wildman–Crippen MR) is 29.3 cm³/mol. The van der Waals surface area contributed by atoms with E-state index in [9.17, 15) is 0 Å². The topological polar surface area (TPSA) is 0 Å². The maximum atomic E-state index is 4.95. The van der Waals surface area contributed by atoms with Crippen molar-refractivity contribution in [1.82, 2.24) is 0 Å². The summed E-state index contributed by atoms with van der Waals surface area (Å²) in [6, 6.07) is 0. The first-order valence-corrected chi connectivity index (χ1v) is 11.9. The van der Waals surface area contributed by atoms with E-state index in [-0.39, 0.29) is 15.1 Å². The summed E-state index contributed by atoms with van der Waals surface area (Å²) in [6.07, 6.45) is 0. The van der Waals surface area contributed by atoms with Crippen LogP contribution in [-0.2, 0) is 28.1 Å². The SMILES string of the molecule is [Cl][Ru]([Cl])[Cl].[Cl][Ru][Cl]. The average molecular weight is 379 g/mol. The molecule has 0 aliphatic rings. The molecule has 7 heavy (non-hydrogen) atoms. The predicted octanol–water partition coefficient (Wildman–Crippen LogP) is 3.44. The van der Waals surface area contributed by atoms with Crippen molar-refractivity contribution < 1.29 is 28.1 Å². The summed E-state index contributed by atoms with van der Waals surface area (Å²) >= 11 is -2.10. The molecule has 0 aliphatic carbocycles. The minimum atomic E-state index is -1.75. The van der Waals surface area contributed by atoms with Gasteiger partial charge in [0.1, 0.15) is 0 Å². The van der Waals surface area contributed by atoms with E-state index in [1.54, 1.807) is 0 Å². The summed E-state index contributed by atoms with van der Waals surface area (Å²) in [7, 11) is 24.6. The van der Waals surface area contributed by atoms with E-state index in [0.29, 0.717) is 0 Å². The maximum absolute atomic E-state index is 4.95. The molecule has 0 radical (unpaired) electrons. The summed E-state index contributed by atoms with van der Waals surface area (Å²) in [5.74, 6) is 0. The van der Waals surface area contributed by atoms with Crippen molar-refractivity contribution in [3.8, 4) is 0 Å². The average Bonchev–Trinajstić information content (AvgIpc) is 1.33. The van der Waals surface area contributed by atoms with E-state index in [1.807, 2.05) is 0 Å². The summed E-state index contributed by atoms with van der Waals surface area (Å²) < 4.78 is 0. The second-order valence-corrected chi connectivity index (χ2v) is 10.8. The molecule has 0 bridgehead atoms. The van der Waals surface area contributed by atoms with Crippen molar-refractivity contribution in [1.29, 1.82) is 0 Å². The number of halogens is 5. The van der Waals surface area contributed by atoms with Crippen LogP contribution in [0.3, 0.4) is 0 Å². The van der Waals surface area contributed by atoms with Crippen LogP contribution < -0.4 is 0 Å². The zero-order valence-corrected chi connectivity index (χ0v) is 9.85. The molecular weight excluding hydrogens is 379 g/mol. The summed E-state index contributed by atoms with van der Waals surface area (Å²) in [5, 5.41) is 0. The van der Waals surface area contributed by atoms with Crippen LogP contribution in [0.5, 0.6) is 0 Å². The Bertz CT molecular complexity index is 17.3. The van der Waals surface area contributed by atoms with Crippen LogP contribution in [0.25, 0.3) is 0 Å². The molecule has 0 atom stereocenters. The van der Waals surface area contributed by atoms with E-state index in [1.165, 1.54) is 0 Å². The molecule has 0 rings (SSSR count). The Kier molecular flexibility index (Phi) is 20.3. The Morgan fingerprint density at radius 2 is 1.00 bits per heavy atom. The van der Waals surface area contributed by atoms with Gasteiger partial charge in [-0.1, -0.05) is 0 Å². The van der Waals surface area contributed by atoms with Crippen molar-refractivity contribution in [2.75, 3.05) is 0 Å². The molecule has 0 heterocycles. The molecule has 0 spiro atoms. The van der Waals surface area contributed by atoms with Crippen LogP contribution in [0, 0.1) is 0 Å². The first kappa shape index (κ1) is 12.4. The second-order valence-electron chi connectivity index (χ2n) is 0.202. The van der Waals surface area contributed by atoms with Crippen molar-refractivity contribution in [3.63, 3.8) is 0 Å². The first-order valence-electron chi connectivity index (χ1n) is 0.668. The van der Waals surface area contributed by atoms with Crippen LogP contribution in [0.4, 0.5) is 0 Å². The molecule has 0 aromatic rings. The van der Waals surface area contributed by atoms with E-state index >= 15 is 0 Å². The monoisotopic (exact) mass is 379 g/mol. The number of hydrogen-bond acceptors (Lipinski definition) is 0. The zero-order valence-electron chi connectivity index (χ0n) is 2.60. The summed E-state index contributed by atoms with van der Waals surface area (Å²) in [6.45, 7) is 0. The van der Waals surface area contributed by atoms with Gasteiger partial charge in [-0.25, -0.2) is 0 Å². The number of rotatable bonds is 0. The quantitative estimate of drug-likeness (QED) is 0.566. The fraction of sp³-hybridized carbons (Fsp3) is 0. The molecule has 51 valence electrons. The van der Waals surface area contributed by atoms with Crippen LogP contribution in [0.1, 0.15) is 0 Å². The van der Waals surface area contributed by atoms with Gasteiger partial charge < -0.3 is 0 Å². The zero-order chi connectivity index (χ0) is 6.28. The summed E-state index contributed by atoms with van der Waals surface area (Å²) in [5.41, 5.74) is 0. The van der Waals surface area contributed by atoms with Crippen molar-refractivity contribution >= 4 is 48.5 Å². The molecule has 0 aromatic heterocycles. The Balaban J connectivity index is 0. The Morgan fingerprint density at radius 3 is 1.00 bits per heavy atom. The minimum absolute atomic E-state index is 0.346. The summed E-state index contributed by atoms with van der Waals surface area (Å²) in [4.78, 5) is 0. The van der Waals surface area contributed by atoms with E-state index in [2.05, 4.69) is 0 Å². The molecule has 0 amide bonds. The third-order valence-electron chi connectivity index (χ3n) is 0. The molecule has 0 saturated carbocycles. The Labute approximate surface area is 75.5 Å². The molecule has 0 nitrogen and oxygen atoms in total. The molecule has 0 N–H and O–H groups in total. The third-order valence-corrected chi connectivity index (χ3v) is 0. The fourth-order valence-electron chi connectivity index (χ4n) is 0. The molecule has 0 fully saturated rings. The second kappa shape index (κ2) is 11.5. The van der Waals surface area contributed by atoms with Crippen LogP contribution >= 0.6 is 48.5 Å². The fourth-order valence-corrected chi connectivity index (χ4v) is 0. The van der Waals surface area contributed by atoms with Crippen LogP contribution in [0.15, 0.2) is 0 Å². The molecule has 0 unspecified atom stereocenters. The van der Waals surface area contributed by atoms with Gasteiger partial charge in [-0.3, -0.25) is 0 Å². The number of hydrogen-bond donors (Lipinski definition) is 0. The Hall–Kier alpha value is 2.70. The van der Waals surface area contributed by atoms with E-state index in [4.69, 9.17) is 48.5 Å². The molecule has 0 aromatic carbocycles. The van der Waals surface area contributed by atoms with Gasteiger partial charge in [-0.05, 0) is 0 Å². The van der Waals surface area contributed by atoms with Gasteiger partial charge in [0.2, 0.25) is 0 Å². The molecular formula is Cl5Ru2. The first-order chi connectivity index (χ1) is 3.15. The standard InChI is InChI=1S/5ClH.2Ru/h5*1H;;/q;;;;;+2;+3/p-5. The molecule has 0 aliphatic heterocycles. The third kappa shape index (κ3) is 53.6. The van der Waals surface area contributed by atoms with E-state index < -0.39 is 13.0 Å². The van der Waals surface area contributed by atoms with Gasteiger partial charge in [0.05, 0.1) is 0 Å². The van der Waals surface area contributed by atoms with Crippen molar-refractivity contribution in [2.24, 2.45) is 0 Å². The normalized spacial score (nSPS) is 9.57. The Morgan fingerprint density at radius 1 is 1.00 bits per heavy atom. The van der Waals surface area contributed by atoms with Crippen molar-refractivity contribution in [3.05, 3.63) is 0 Å². The van der Waals surface area contributed by atoms with Crippen LogP contribution in [-0.4, -0.2) is 0 Å². The molecule has 0 saturated heterocycles. The van der Waals surface area contributed by atoms with Gasteiger partial charge in [-0.2, -0.15) is 0 Å². The van der Waals surface area contributed by atoms with Gasteiger partial charge in [0.15, 0.2) is 0 Å². The van der Waals surface area contributed by atoms with Gasteiger partial charge in [-0.15, -0.1) is 0 Å². The van der Waals surface area contributed by atoms with Crippen molar-refractivity contribution in [2.45, 2.75) is 0 Å². The van der Waals surface area contributed by atoms with Gasteiger partial charge >= 0.3 is 76.6 Å². The van der Waals surface area contributed by atoms with E-state index in [0.717, 1.165) is 0 Å². The van der Waals surface area contributed by atoms with Crippen LogP contribution in [0.2, 0.25) is 0 Å². The molecule has 7 heteroatoms. The van der Waals surface area contributed by atoms with Gasteiger partial charge in [0.25, 0.3) is 0 Å².